The Morgan fingerprint density at radius 2 is 1.83 bits per heavy atom. The van der Waals surface area contributed by atoms with Crippen LogP contribution in [0.3, 0.4) is 0 Å². The third-order valence-corrected chi connectivity index (χ3v) is 6.00. The third-order valence-electron chi connectivity index (χ3n) is 4.04. The number of aryl methyl sites for hydroxylation is 1. The van der Waals surface area contributed by atoms with Gasteiger partial charge in [-0.1, -0.05) is 54.9 Å². The average Bonchev–Trinajstić information content (AvgIpc) is 2.53. The fourth-order valence-electron chi connectivity index (χ4n) is 2.53. The van der Waals surface area contributed by atoms with Crippen molar-refractivity contribution in [3.8, 4) is 0 Å². The summed E-state index contributed by atoms with van der Waals surface area (Å²) in [5.74, 6) is 0.296. The van der Waals surface area contributed by atoms with Gasteiger partial charge in [-0.05, 0) is 54.2 Å². The molecule has 0 saturated carbocycles. The fourth-order valence-corrected chi connectivity index (χ4v) is 4.32. The Morgan fingerprint density at radius 3 is 2.48 bits per heavy atom. The van der Waals surface area contributed by atoms with Gasteiger partial charge in [-0.15, -0.1) is 0 Å². The van der Waals surface area contributed by atoms with Crippen LogP contribution >= 0.6 is 15.9 Å². The van der Waals surface area contributed by atoms with E-state index >= 15 is 0 Å². The molecule has 0 spiro atoms. The Balaban J connectivity index is 2.44. The van der Waals surface area contributed by atoms with E-state index in [-0.39, 0.29) is 0 Å². The molecule has 2 aromatic carbocycles. The molecule has 3 nitrogen and oxygen atoms in total. The van der Waals surface area contributed by atoms with Gasteiger partial charge < -0.3 is 0 Å². The number of rotatable bonds is 6. The summed E-state index contributed by atoms with van der Waals surface area (Å²) in [4.78, 5) is 0.335. The predicted molar refractivity (Wildman–Crippen MR) is 99.5 cm³/mol. The molecular weight excluding hydrogens is 374 g/mol. The van der Waals surface area contributed by atoms with Crippen LogP contribution in [-0.4, -0.2) is 8.42 Å². The number of benzene rings is 2. The van der Waals surface area contributed by atoms with Crippen LogP contribution in [0, 0.1) is 0 Å². The summed E-state index contributed by atoms with van der Waals surface area (Å²) in [6.45, 7) is 6.15. The van der Waals surface area contributed by atoms with E-state index in [1.165, 1.54) is 0 Å². The minimum absolute atomic E-state index is 0.296. The van der Waals surface area contributed by atoms with Crippen molar-refractivity contribution in [2.75, 3.05) is 4.72 Å². The van der Waals surface area contributed by atoms with Crippen LogP contribution in [0.2, 0.25) is 0 Å². The summed E-state index contributed by atoms with van der Waals surface area (Å²) in [5.41, 5.74) is 2.48. The van der Waals surface area contributed by atoms with Crippen LogP contribution in [-0.2, 0) is 16.4 Å². The van der Waals surface area contributed by atoms with Gasteiger partial charge in [0, 0.05) is 4.47 Å². The molecule has 1 atom stereocenters. The molecule has 0 aliphatic carbocycles. The zero-order chi connectivity index (χ0) is 17.0. The number of anilines is 1. The summed E-state index contributed by atoms with van der Waals surface area (Å²) in [5, 5.41) is 0. The number of sulfonamides is 1. The molecule has 0 radical (unpaired) electrons. The van der Waals surface area contributed by atoms with Gasteiger partial charge in [0.25, 0.3) is 10.0 Å². The molecule has 0 aliphatic heterocycles. The molecule has 0 amide bonds. The molecular formula is C18H22BrNO2S. The minimum Gasteiger partial charge on any atom is -0.279 e. The van der Waals surface area contributed by atoms with Crippen molar-refractivity contribution in [2.45, 2.75) is 44.4 Å². The van der Waals surface area contributed by atoms with Gasteiger partial charge in [0.15, 0.2) is 0 Å². The van der Waals surface area contributed by atoms with E-state index in [4.69, 9.17) is 0 Å². The molecule has 0 saturated heterocycles. The Labute approximate surface area is 147 Å². The summed E-state index contributed by atoms with van der Waals surface area (Å²) in [6.07, 6.45) is 1.61. The van der Waals surface area contributed by atoms with Crippen LogP contribution in [0.5, 0.6) is 0 Å². The van der Waals surface area contributed by atoms with Crippen molar-refractivity contribution in [1.29, 1.82) is 0 Å². The number of nitrogens with one attached hydrogen (secondary N) is 1. The SMILES string of the molecule is CCc1cc(Br)ccc1S(=O)(=O)Nc1ccccc1[C@@H](C)CC. The first kappa shape index (κ1) is 18.0. The molecule has 2 rings (SSSR count). The van der Waals surface area contributed by atoms with Crippen LogP contribution in [0.15, 0.2) is 51.8 Å². The molecule has 0 bridgehead atoms. The highest BCUT2D eigenvalue weighted by Crippen LogP contribution is 2.29. The molecule has 23 heavy (non-hydrogen) atoms. The first-order valence-electron chi connectivity index (χ1n) is 7.79. The van der Waals surface area contributed by atoms with E-state index in [2.05, 4.69) is 34.5 Å². The van der Waals surface area contributed by atoms with Crippen molar-refractivity contribution in [1.82, 2.24) is 0 Å². The van der Waals surface area contributed by atoms with Gasteiger partial charge >= 0.3 is 0 Å². The molecule has 5 heteroatoms. The van der Waals surface area contributed by atoms with Crippen LogP contribution < -0.4 is 4.72 Å². The second kappa shape index (κ2) is 7.49. The van der Waals surface area contributed by atoms with Crippen LogP contribution in [0.25, 0.3) is 0 Å². The summed E-state index contributed by atoms with van der Waals surface area (Å²) < 4.78 is 29.3. The van der Waals surface area contributed by atoms with Crippen molar-refractivity contribution < 1.29 is 8.42 Å². The molecule has 0 aliphatic rings. The third kappa shape index (κ3) is 4.15. The Bertz CT molecular complexity index is 787. The largest absolute Gasteiger partial charge is 0.279 e. The lowest BCUT2D eigenvalue weighted by molar-refractivity contribution is 0.600. The second-order valence-corrected chi connectivity index (χ2v) is 8.17. The number of hydrogen-bond donors (Lipinski definition) is 1. The maximum Gasteiger partial charge on any atom is 0.262 e. The van der Waals surface area contributed by atoms with Crippen LogP contribution in [0.4, 0.5) is 5.69 Å². The van der Waals surface area contributed by atoms with Crippen molar-refractivity contribution >= 4 is 31.6 Å². The van der Waals surface area contributed by atoms with Gasteiger partial charge in [-0.3, -0.25) is 4.72 Å². The molecule has 0 aromatic heterocycles. The van der Waals surface area contributed by atoms with E-state index in [0.717, 1.165) is 22.0 Å². The van der Waals surface area contributed by atoms with Crippen molar-refractivity contribution in [2.24, 2.45) is 0 Å². The Hall–Kier alpha value is -1.33. The summed E-state index contributed by atoms with van der Waals surface area (Å²) >= 11 is 3.40. The molecule has 1 N–H and O–H groups in total. The highest BCUT2D eigenvalue weighted by Gasteiger charge is 2.20. The summed E-state index contributed by atoms with van der Waals surface area (Å²) in [7, 11) is -3.61. The van der Waals surface area contributed by atoms with Gasteiger partial charge in [-0.25, -0.2) is 8.42 Å². The molecule has 0 heterocycles. The lowest BCUT2D eigenvalue weighted by Crippen LogP contribution is -2.16. The lowest BCUT2D eigenvalue weighted by atomic mass is 9.97. The maximum absolute atomic E-state index is 12.8. The highest BCUT2D eigenvalue weighted by atomic mass is 79.9. The monoisotopic (exact) mass is 395 g/mol. The zero-order valence-electron chi connectivity index (χ0n) is 13.6. The van der Waals surface area contributed by atoms with E-state index in [1.807, 2.05) is 37.3 Å². The fraction of sp³-hybridized carbons (Fsp3) is 0.333. The van der Waals surface area contributed by atoms with Crippen molar-refractivity contribution in [3.05, 3.63) is 58.1 Å². The standard InChI is InChI=1S/C18H22BrNO2S/c1-4-13(3)16-8-6-7-9-17(16)20-23(21,22)18-11-10-15(19)12-14(18)5-2/h6-13,20H,4-5H2,1-3H3/t13-/m0/s1. The number of hydrogen-bond acceptors (Lipinski definition) is 2. The van der Waals surface area contributed by atoms with Gasteiger partial charge in [0.2, 0.25) is 0 Å². The summed E-state index contributed by atoms with van der Waals surface area (Å²) in [6, 6.07) is 12.9. The lowest BCUT2D eigenvalue weighted by Gasteiger charge is -2.17. The highest BCUT2D eigenvalue weighted by molar-refractivity contribution is 9.10. The van der Waals surface area contributed by atoms with Crippen molar-refractivity contribution in [3.63, 3.8) is 0 Å². The van der Waals surface area contributed by atoms with E-state index < -0.39 is 10.0 Å². The Kier molecular flexibility index (Phi) is 5.87. The smallest absolute Gasteiger partial charge is 0.262 e. The first-order chi connectivity index (χ1) is 10.9. The second-order valence-electron chi connectivity index (χ2n) is 5.61. The van der Waals surface area contributed by atoms with Gasteiger partial charge in [0.05, 0.1) is 10.6 Å². The zero-order valence-corrected chi connectivity index (χ0v) is 16.0. The van der Waals surface area contributed by atoms with E-state index in [1.54, 1.807) is 12.1 Å². The van der Waals surface area contributed by atoms with E-state index in [9.17, 15) is 8.42 Å². The number of para-hydroxylation sites is 1. The Morgan fingerprint density at radius 1 is 1.13 bits per heavy atom. The average molecular weight is 396 g/mol. The van der Waals surface area contributed by atoms with E-state index in [0.29, 0.717) is 22.9 Å². The van der Waals surface area contributed by atoms with Gasteiger partial charge in [-0.2, -0.15) is 0 Å². The molecule has 0 fully saturated rings. The molecule has 124 valence electrons. The molecule has 0 unspecified atom stereocenters. The predicted octanol–water partition coefficient (Wildman–Crippen LogP) is 5.33. The molecule has 2 aromatic rings. The maximum atomic E-state index is 12.8. The van der Waals surface area contributed by atoms with Gasteiger partial charge in [0.1, 0.15) is 0 Å². The topological polar surface area (TPSA) is 46.2 Å². The first-order valence-corrected chi connectivity index (χ1v) is 10.1. The van der Waals surface area contributed by atoms with Crippen LogP contribution in [0.1, 0.15) is 44.2 Å². The minimum atomic E-state index is -3.61. The number of halogens is 1. The normalized spacial score (nSPS) is 12.9. The quantitative estimate of drug-likeness (QED) is 0.718.